The van der Waals surface area contributed by atoms with E-state index in [-0.39, 0.29) is 11.8 Å². The molecule has 172 valence electrons. The van der Waals surface area contributed by atoms with Crippen molar-refractivity contribution < 1.29 is 17.9 Å². The fourth-order valence-electron chi connectivity index (χ4n) is 4.37. The van der Waals surface area contributed by atoms with Crippen molar-refractivity contribution >= 4 is 55.2 Å². The first-order valence-electron chi connectivity index (χ1n) is 10.5. The molecule has 0 saturated carbocycles. The van der Waals surface area contributed by atoms with Crippen LogP contribution in [0.5, 0.6) is 5.75 Å². The second-order valence-corrected chi connectivity index (χ2v) is 11.4. The van der Waals surface area contributed by atoms with Crippen LogP contribution in [0.3, 0.4) is 0 Å². The lowest BCUT2D eigenvalue weighted by Crippen LogP contribution is -2.38. The summed E-state index contributed by atoms with van der Waals surface area (Å²) in [6.45, 7) is 0.649. The summed E-state index contributed by atoms with van der Waals surface area (Å²) in [5.74, 6) is 0.661. The third-order valence-electron chi connectivity index (χ3n) is 6.21. The minimum Gasteiger partial charge on any atom is -0.495 e. The molecule has 0 bridgehead atoms. The second kappa shape index (κ2) is 8.07. The number of methoxy groups -OCH3 is 1. The Morgan fingerprint density at radius 3 is 2.88 bits per heavy atom. The topological polar surface area (TPSA) is 114 Å². The molecule has 11 heteroatoms. The maximum Gasteiger partial charge on any atom is 0.239 e. The first-order chi connectivity index (χ1) is 15.8. The number of nitrogens with one attached hydrogen (secondary N) is 1. The average molecular weight is 486 g/mol. The van der Waals surface area contributed by atoms with E-state index in [1.54, 1.807) is 7.11 Å². The number of benzene rings is 1. The van der Waals surface area contributed by atoms with Crippen molar-refractivity contribution in [1.29, 1.82) is 0 Å². The van der Waals surface area contributed by atoms with Gasteiger partial charge in [-0.3, -0.25) is 9.79 Å². The summed E-state index contributed by atoms with van der Waals surface area (Å²) >= 11 is 1.53. The van der Waals surface area contributed by atoms with Crippen LogP contribution < -0.4 is 10.1 Å². The average Bonchev–Trinajstić information content (AvgIpc) is 3.40. The van der Waals surface area contributed by atoms with Gasteiger partial charge < -0.3 is 10.1 Å². The van der Waals surface area contributed by atoms with Gasteiger partial charge in [-0.25, -0.2) is 22.7 Å². The van der Waals surface area contributed by atoms with Crippen LogP contribution in [0.25, 0.3) is 10.2 Å². The highest BCUT2D eigenvalue weighted by Crippen LogP contribution is 2.42. The van der Waals surface area contributed by atoms with Gasteiger partial charge in [-0.05, 0) is 48.1 Å². The molecule has 1 aromatic carbocycles. The summed E-state index contributed by atoms with van der Waals surface area (Å²) in [6.07, 6.45) is 6.14. The van der Waals surface area contributed by atoms with E-state index in [0.717, 1.165) is 48.0 Å². The molecule has 1 atom stereocenters. The van der Waals surface area contributed by atoms with Crippen molar-refractivity contribution in [3.05, 3.63) is 40.0 Å². The summed E-state index contributed by atoms with van der Waals surface area (Å²) in [5, 5.41) is 4.36. The van der Waals surface area contributed by atoms with E-state index in [1.807, 2.05) is 18.3 Å². The molecule has 1 aliphatic carbocycles. The number of aliphatic imine (C=N–C) groups is 1. The number of fused-ring (bicyclic) bond motifs is 4. The smallest absolute Gasteiger partial charge is 0.239 e. The maximum absolute atomic E-state index is 12.7. The van der Waals surface area contributed by atoms with Crippen molar-refractivity contribution in [1.82, 2.24) is 14.3 Å². The Kier molecular flexibility index (Phi) is 5.32. The van der Waals surface area contributed by atoms with Gasteiger partial charge in [0.15, 0.2) is 0 Å². The van der Waals surface area contributed by atoms with Gasteiger partial charge in [-0.15, -0.1) is 11.3 Å². The number of aromatic nitrogens is 2. The molecule has 0 unspecified atom stereocenters. The number of amides is 1. The Balaban J connectivity index is 1.49. The molecular formula is C22H23N5O4S2. The lowest BCUT2D eigenvalue weighted by atomic mass is 9.87. The van der Waals surface area contributed by atoms with E-state index in [4.69, 9.17) is 4.74 Å². The SMILES string of the molecule is COc1cc2c(cc1Nc1ncnc3sc4c(c13)CC[C@H](C(=O)N(C)S(C)(=O)=O)C4)C=NC2. The summed E-state index contributed by atoms with van der Waals surface area (Å²) < 4.78 is 30.1. The third-order valence-corrected chi connectivity index (χ3v) is 8.55. The van der Waals surface area contributed by atoms with Gasteiger partial charge in [0.05, 0.1) is 31.0 Å². The Labute approximate surface area is 195 Å². The lowest BCUT2D eigenvalue weighted by Gasteiger charge is -2.25. The highest BCUT2D eigenvalue weighted by molar-refractivity contribution is 7.88. The van der Waals surface area contributed by atoms with Gasteiger partial charge in [0.1, 0.15) is 22.7 Å². The van der Waals surface area contributed by atoms with Crippen LogP contribution in [0.15, 0.2) is 23.5 Å². The van der Waals surface area contributed by atoms with E-state index >= 15 is 0 Å². The lowest BCUT2D eigenvalue weighted by molar-refractivity contribution is -0.130. The molecule has 3 heterocycles. The van der Waals surface area contributed by atoms with Crippen LogP contribution >= 0.6 is 11.3 Å². The Bertz CT molecular complexity index is 1410. The molecule has 1 aliphatic heterocycles. The predicted octanol–water partition coefficient (Wildman–Crippen LogP) is 2.90. The molecule has 2 aromatic heterocycles. The number of anilines is 2. The molecule has 0 saturated heterocycles. The number of rotatable bonds is 5. The first-order valence-corrected chi connectivity index (χ1v) is 13.1. The van der Waals surface area contributed by atoms with E-state index in [9.17, 15) is 13.2 Å². The van der Waals surface area contributed by atoms with Crippen LogP contribution in [0.1, 0.15) is 28.0 Å². The van der Waals surface area contributed by atoms with Gasteiger partial charge in [0.25, 0.3) is 0 Å². The number of ether oxygens (including phenoxy) is 1. The van der Waals surface area contributed by atoms with Gasteiger partial charge in [-0.1, -0.05) is 0 Å². The maximum atomic E-state index is 12.7. The highest BCUT2D eigenvalue weighted by atomic mass is 32.2. The zero-order valence-corrected chi connectivity index (χ0v) is 20.1. The Morgan fingerprint density at radius 1 is 1.30 bits per heavy atom. The zero-order valence-electron chi connectivity index (χ0n) is 18.5. The van der Waals surface area contributed by atoms with Crippen molar-refractivity contribution in [2.75, 3.05) is 25.7 Å². The number of aryl methyl sites for hydroxylation is 1. The van der Waals surface area contributed by atoms with Crippen molar-refractivity contribution in [2.45, 2.75) is 25.8 Å². The number of carbonyl (C=O) groups is 1. The highest BCUT2D eigenvalue weighted by Gasteiger charge is 2.33. The quantitative estimate of drug-likeness (QED) is 0.591. The standard InChI is InChI=1S/C22H23N5O4S2/c1-27(33(3,29)30)22(28)12-4-5-15-18(8-12)32-21-19(15)20(24-11-25-21)26-16-6-13-9-23-10-14(13)7-17(16)31-2/h6-7,9,11-12H,4-5,8,10H2,1-3H3,(H,24,25,26)/t12-/m0/s1. The number of hydrogen-bond donors (Lipinski definition) is 1. The molecule has 0 spiro atoms. The Morgan fingerprint density at radius 2 is 2.12 bits per heavy atom. The van der Waals surface area contributed by atoms with Gasteiger partial charge in [0.2, 0.25) is 15.9 Å². The number of carbonyl (C=O) groups excluding carboxylic acids is 1. The fourth-order valence-corrected chi connectivity index (χ4v) is 6.11. The van der Waals surface area contributed by atoms with Crippen LogP contribution in [0, 0.1) is 5.92 Å². The molecule has 33 heavy (non-hydrogen) atoms. The molecule has 1 N–H and O–H groups in total. The van der Waals surface area contributed by atoms with Gasteiger partial charge in [0, 0.05) is 24.1 Å². The molecule has 1 amide bonds. The predicted molar refractivity (Wildman–Crippen MR) is 128 cm³/mol. The largest absolute Gasteiger partial charge is 0.495 e. The monoisotopic (exact) mass is 485 g/mol. The van der Waals surface area contributed by atoms with Gasteiger partial charge >= 0.3 is 0 Å². The minimum absolute atomic E-state index is 0.366. The van der Waals surface area contributed by atoms with Gasteiger partial charge in [-0.2, -0.15) is 0 Å². The van der Waals surface area contributed by atoms with Crippen LogP contribution in [-0.4, -0.2) is 55.2 Å². The summed E-state index contributed by atoms with van der Waals surface area (Å²) in [5.41, 5.74) is 4.08. The number of hydrogen-bond acceptors (Lipinski definition) is 9. The summed E-state index contributed by atoms with van der Waals surface area (Å²) in [4.78, 5) is 27.9. The minimum atomic E-state index is -3.57. The Hall–Kier alpha value is -3.05. The summed E-state index contributed by atoms with van der Waals surface area (Å²) in [6, 6.07) is 3.99. The van der Waals surface area contributed by atoms with Crippen molar-refractivity contribution in [2.24, 2.45) is 10.9 Å². The molecular weight excluding hydrogens is 462 g/mol. The van der Waals surface area contributed by atoms with Crippen molar-refractivity contribution in [3.8, 4) is 5.75 Å². The van der Waals surface area contributed by atoms with E-state index in [1.165, 1.54) is 24.7 Å². The summed E-state index contributed by atoms with van der Waals surface area (Å²) in [7, 11) is -0.618. The first kappa shape index (κ1) is 21.8. The number of sulfonamides is 1. The molecule has 5 rings (SSSR count). The molecule has 3 aromatic rings. The van der Waals surface area contributed by atoms with E-state index in [2.05, 4.69) is 20.3 Å². The molecule has 2 aliphatic rings. The van der Waals surface area contributed by atoms with Crippen LogP contribution in [0.4, 0.5) is 11.5 Å². The fraction of sp³-hybridized carbons (Fsp3) is 0.364. The van der Waals surface area contributed by atoms with Crippen LogP contribution in [-0.2, 0) is 34.2 Å². The van der Waals surface area contributed by atoms with Crippen LogP contribution in [0.2, 0.25) is 0 Å². The zero-order chi connectivity index (χ0) is 23.3. The van der Waals surface area contributed by atoms with Crippen molar-refractivity contribution in [3.63, 3.8) is 0 Å². The third kappa shape index (κ3) is 3.84. The number of nitrogens with zero attached hydrogens (tertiary/aromatic N) is 4. The molecule has 0 fully saturated rings. The van der Waals surface area contributed by atoms with E-state index in [0.29, 0.717) is 37.4 Å². The molecule has 9 nitrogen and oxygen atoms in total. The molecule has 0 radical (unpaired) electrons. The van der Waals surface area contributed by atoms with E-state index < -0.39 is 10.0 Å². The number of thiophene rings is 1. The normalized spacial score (nSPS) is 17.0. The second-order valence-electron chi connectivity index (χ2n) is 8.26.